The van der Waals surface area contributed by atoms with Gasteiger partial charge in [-0.3, -0.25) is 19.3 Å². The fourth-order valence-corrected chi connectivity index (χ4v) is 4.91. The minimum absolute atomic E-state index is 0.0846. The molecule has 3 amide bonds. The fraction of sp³-hybridized carbons (Fsp3) is 0.407. The van der Waals surface area contributed by atoms with Crippen LogP contribution >= 0.6 is 11.6 Å². The van der Waals surface area contributed by atoms with Crippen molar-refractivity contribution in [3.05, 3.63) is 52.9 Å². The van der Waals surface area contributed by atoms with Gasteiger partial charge in [0.25, 0.3) is 11.8 Å². The van der Waals surface area contributed by atoms with Gasteiger partial charge >= 0.3 is 0 Å². The third kappa shape index (κ3) is 5.82. The van der Waals surface area contributed by atoms with E-state index in [1.54, 1.807) is 49.3 Å². The van der Waals surface area contributed by atoms with Gasteiger partial charge in [-0.25, -0.2) is 4.98 Å². The molecule has 0 radical (unpaired) electrons. The van der Waals surface area contributed by atoms with Crippen LogP contribution in [0, 0.1) is 11.8 Å². The second kappa shape index (κ2) is 11.5. The zero-order valence-electron chi connectivity index (χ0n) is 21.8. The molecular weight excluding hydrogens is 510 g/mol. The number of aliphatic hydroxyl groups is 1. The van der Waals surface area contributed by atoms with Gasteiger partial charge in [0.05, 0.1) is 16.0 Å². The second-order valence-corrected chi connectivity index (χ2v) is 10.4. The number of nitrogens with zero attached hydrogens (tertiary/aromatic N) is 3. The number of aromatic nitrogens is 1. The van der Waals surface area contributed by atoms with Crippen LogP contribution in [0.5, 0.6) is 0 Å². The number of rotatable bonds is 7. The number of anilines is 2. The molecular formula is C27H32ClN5O5. The molecule has 0 saturated heterocycles. The van der Waals surface area contributed by atoms with Crippen molar-refractivity contribution < 1.29 is 23.9 Å². The van der Waals surface area contributed by atoms with E-state index in [1.165, 1.54) is 11.1 Å². The van der Waals surface area contributed by atoms with Crippen molar-refractivity contribution in [2.45, 2.75) is 31.9 Å². The topological polar surface area (TPSA) is 128 Å². The van der Waals surface area contributed by atoms with Crippen LogP contribution in [-0.4, -0.2) is 72.0 Å². The van der Waals surface area contributed by atoms with Crippen molar-refractivity contribution >= 4 is 51.8 Å². The van der Waals surface area contributed by atoms with Crippen LogP contribution in [-0.2, 0) is 4.79 Å². The van der Waals surface area contributed by atoms with E-state index < -0.39 is 12.1 Å². The smallest absolute Gasteiger partial charge is 0.294 e. The maximum Gasteiger partial charge on any atom is 0.294 e. The van der Waals surface area contributed by atoms with Crippen molar-refractivity contribution in [3.63, 3.8) is 0 Å². The van der Waals surface area contributed by atoms with Crippen LogP contribution in [0.4, 0.5) is 11.5 Å². The van der Waals surface area contributed by atoms with Gasteiger partial charge in [0.2, 0.25) is 11.7 Å². The van der Waals surface area contributed by atoms with E-state index in [9.17, 15) is 19.5 Å². The molecule has 0 spiro atoms. The lowest BCUT2D eigenvalue weighted by molar-refractivity contribution is -0.122. The van der Waals surface area contributed by atoms with Gasteiger partial charge in [0.1, 0.15) is 23.3 Å². The first-order valence-electron chi connectivity index (χ1n) is 12.4. The van der Waals surface area contributed by atoms with E-state index in [2.05, 4.69) is 15.6 Å². The summed E-state index contributed by atoms with van der Waals surface area (Å²) in [6.07, 6.45) is 3.42. The van der Waals surface area contributed by atoms with Crippen LogP contribution in [0.2, 0.25) is 5.02 Å². The second-order valence-electron chi connectivity index (χ2n) is 9.98. The van der Waals surface area contributed by atoms with Gasteiger partial charge in [-0.2, -0.15) is 0 Å². The number of furan rings is 1. The van der Waals surface area contributed by atoms with Gasteiger partial charge in [0.15, 0.2) is 0 Å². The Morgan fingerprint density at radius 3 is 2.37 bits per heavy atom. The highest BCUT2D eigenvalue weighted by atomic mass is 35.5. The lowest BCUT2D eigenvalue weighted by Gasteiger charge is -2.33. The summed E-state index contributed by atoms with van der Waals surface area (Å²) in [6, 6.07) is 8.06. The molecule has 1 fully saturated rings. The minimum atomic E-state index is -0.632. The van der Waals surface area contributed by atoms with Gasteiger partial charge in [-0.15, -0.1) is 0 Å². The standard InChI is InChI=1S/C27H32ClN5O5/c1-32(2)26(36)16-10-8-15(9-11-16)24(34)31-22-21-18(27(37)33(3)4)6-5-7-19(21)38-23(22)25(35)30-20-13-12-17(28)14-29-20/h5-7,12-16,26,36H,8-11H2,1-4H3,(H,31,34)(H,29,30,35)/t15-,16-,26?. The number of hydrogen-bond donors (Lipinski definition) is 3. The number of carbonyl (C=O) groups excluding carboxylic acids is 3. The average molecular weight is 542 g/mol. The van der Waals surface area contributed by atoms with E-state index in [0.717, 1.165) is 0 Å². The SMILES string of the molecule is CN(C)C(=O)c1cccc2oc(C(=O)Nc3ccc(Cl)cn3)c(NC(=O)[C@H]3CC[C@H](C(O)N(C)C)CC3)c12. The Kier molecular flexibility index (Phi) is 8.35. The molecule has 11 heteroatoms. The normalized spacial score (nSPS) is 18.3. The molecule has 1 aliphatic carbocycles. The highest BCUT2D eigenvalue weighted by molar-refractivity contribution is 6.30. The summed E-state index contributed by atoms with van der Waals surface area (Å²) in [4.78, 5) is 47.0. The van der Waals surface area contributed by atoms with Gasteiger partial charge < -0.3 is 25.1 Å². The molecule has 1 aromatic carbocycles. The third-order valence-corrected chi connectivity index (χ3v) is 7.09. The van der Waals surface area contributed by atoms with E-state index in [4.69, 9.17) is 16.0 Å². The maximum atomic E-state index is 13.4. The van der Waals surface area contributed by atoms with Crippen molar-refractivity contribution in [3.8, 4) is 0 Å². The summed E-state index contributed by atoms with van der Waals surface area (Å²) < 4.78 is 5.90. The summed E-state index contributed by atoms with van der Waals surface area (Å²) in [5.41, 5.74) is 0.728. The molecule has 3 N–H and O–H groups in total. The lowest BCUT2D eigenvalue weighted by Crippen LogP contribution is -2.38. The van der Waals surface area contributed by atoms with E-state index in [-0.39, 0.29) is 40.9 Å². The largest absolute Gasteiger partial charge is 0.449 e. The van der Waals surface area contributed by atoms with Gasteiger partial charge in [0, 0.05) is 26.2 Å². The minimum Gasteiger partial charge on any atom is -0.449 e. The number of pyridine rings is 1. The predicted molar refractivity (Wildman–Crippen MR) is 145 cm³/mol. The Labute approximate surface area is 225 Å². The number of amides is 3. The fourth-order valence-electron chi connectivity index (χ4n) is 4.80. The molecule has 1 atom stereocenters. The van der Waals surface area contributed by atoms with Crippen molar-refractivity contribution in [1.82, 2.24) is 14.8 Å². The van der Waals surface area contributed by atoms with E-state index in [1.807, 2.05) is 14.1 Å². The maximum absolute atomic E-state index is 13.4. The quantitative estimate of drug-likeness (QED) is 0.385. The summed E-state index contributed by atoms with van der Waals surface area (Å²) in [5, 5.41) is 16.7. The van der Waals surface area contributed by atoms with Crippen LogP contribution in [0.15, 0.2) is 40.9 Å². The number of aliphatic hydroxyl groups excluding tert-OH is 1. The molecule has 3 aromatic rings. The number of nitrogens with one attached hydrogen (secondary N) is 2. The van der Waals surface area contributed by atoms with Crippen molar-refractivity contribution in [1.29, 1.82) is 0 Å². The molecule has 1 unspecified atom stereocenters. The highest BCUT2D eigenvalue weighted by Gasteiger charge is 2.33. The lowest BCUT2D eigenvalue weighted by atomic mass is 9.80. The van der Waals surface area contributed by atoms with Crippen LogP contribution in [0.25, 0.3) is 11.0 Å². The zero-order valence-corrected chi connectivity index (χ0v) is 22.6. The molecule has 0 aliphatic heterocycles. The molecule has 202 valence electrons. The molecule has 38 heavy (non-hydrogen) atoms. The first kappa shape index (κ1) is 27.6. The molecule has 4 rings (SSSR count). The van der Waals surface area contributed by atoms with E-state index >= 15 is 0 Å². The van der Waals surface area contributed by atoms with Crippen LogP contribution in [0.3, 0.4) is 0 Å². The predicted octanol–water partition coefficient (Wildman–Crippen LogP) is 4.06. The van der Waals surface area contributed by atoms with Crippen LogP contribution < -0.4 is 10.6 Å². The van der Waals surface area contributed by atoms with Crippen molar-refractivity contribution in [2.24, 2.45) is 11.8 Å². The highest BCUT2D eigenvalue weighted by Crippen LogP contribution is 2.37. The third-order valence-electron chi connectivity index (χ3n) is 6.87. The summed E-state index contributed by atoms with van der Waals surface area (Å²) in [6.45, 7) is 0. The average Bonchev–Trinajstić information content (AvgIpc) is 3.27. The zero-order chi connectivity index (χ0) is 27.6. The number of fused-ring (bicyclic) bond motifs is 1. The number of benzene rings is 1. The Balaban J connectivity index is 1.66. The summed E-state index contributed by atoms with van der Waals surface area (Å²) in [7, 11) is 6.90. The number of hydrogen-bond acceptors (Lipinski definition) is 7. The Bertz CT molecular complexity index is 1330. The molecule has 1 aliphatic rings. The molecule has 0 bridgehead atoms. The molecule has 1 saturated carbocycles. The Morgan fingerprint density at radius 1 is 1.05 bits per heavy atom. The van der Waals surface area contributed by atoms with Gasteiger partial charge in [-0.05, 0) is 70.0 Å². The monoisotopic (exact) mass is 541 g/mol. The summed E-state index contributed by atoms with van der Waals surface area (Å²) >= 11 is 5.90. The summed E-state index contributed by atoms with van der Waals surface area (Å²) in [5.74, 6) is -1.31. The number of halogens is 1. The van der Waals surface area contributed by atoms with Crippen LogP contribution in [0.1, 0.15) is 46.6 Å². The Hall–Kier alpha value is -3.47. The van der Waals surface area contributed by atoms with Crippen molar-refractivity contribution in [2.75, 3.05) is 38.8 Å². The Morgan fingerprint density at radius 2 is 1.76 bits per heavy atom. The molecule has 10 nitrogen and oxygen atoms in total. The first-order valence-corrected chi connectivity index (χ1v) is 12.8. The number of carbonyl (C=O) groups is 3. The van der Waals surface area contributed by atoms with Gasteiger partial charge in [-0.1, -0.05) is 17.7 Å². The molecule has 2 aromatic heterocycles. The van der Waals surface area contributed by atoms with E-state index in [0.29, 0.717) is 47.2 Å². The molecule has 2 heterocycles. The first-order chi connectivity index (χ1) is 18.1.